The highest BCUT2D eigenvalue weighted by atomic mass is 79.9. The maximum absolute atomic E-state index is 12.5. The van der Waals surface area contributed by atoms with Crippen LogP contribution in [0.2, 0.25) is 0 Å². The van der Waals surface area contributed by atoms with Gasteiger partial charge >= 0.3 is 0 Å². The number of halogens is 1. The van der Waals surface area contributed by atoms with Crippen LogP contribution >= 0.6 is 15.9 Å². The molecule has 6 nitrogen and oxygen atoms in total. The minimum atomic E-state index is 0.00192. The predicted molar refractivity (Wildman–Crippen MR) is 121 cm³/mol. The van der Waals surface area contributed by atoms with E-state index in [-0.39, 0.29) is 12.5 Å². The number of H-pyrrole nitrogens is 1. The summed E-state index contributed by atoms with van der Waals surface area (Å²) in [5, 5.41) is 0. The van der Waals surface area contributed by atoms with Crippen LogP contribution in [0.5, 0.6) is 11.5 Å². The molecule has 0 unspecified atom stereocenters. The van der Waals surface area contributed by atoms with Gasteiger partial charge in [-0.1, -0.05) is 6.07 Å². The van der Waals surface area contributed by atoms with Crippen LogP contribution in [0.3, 0.4) is 0 Å². The van der Waals surface area contributed by atoms with Gasteiger partial charge in [0.15, 0.2) is 18.1 Å². The third-order valence-corrected chi connectivity index (χ3v) is 5.86. The standard InChI is InChI=1S/C23H26BrN3O3/c1-3-29-20-13-16(23-25-18-8-7-15(2)11-19(18)26-23)12-17(24)22(20)30-14-21(28)27-9-5-4-6-10-27/h7-8,11-13H,3-6,9-10,14H2,1-2H3,(H,25,26). The van der Waals surface area contributed by atoms with Crippen molar-refractivity contribution in [2.45, 2.75) is 33.1 Å². The molecule has 30 heavy (non-hydrogen) atoms. The lowest BCUT2D eigenvalue weighted by Crippen LogP contribution is -2.38. The van der Waals surface area contributed by atoms with Crippen LogP contribution in [0.15, 0.2) is 34.8 Å². The Bertz CT molecular complexity index is 1060. The summed E-state index contributed by atoms with van der Waals surface area (Å²) in [6.07, 6.45) is 3.31. The first-order chi connectivity index (χ1) is 14.5. The molecule has 3 aromatic rings. The average Bonchev–Trinajstić information content (AvgIpc) is 3.17. The van der Waals surface area contributed by atoms with Crippen LogP contribution < -0.4 is 9.47 Å². The van der Waals surface area contributed by atoms with Crippen molar-refractivity contribution in [2.75, 3.05) is 26.3 Å². The number of amides is 1. The summed E-state index contributed by atoms with van der Waals surface area (Å²) < 4.78 is 12.5. The fourth-order valence-corrected chi connectivity index (χ4v) is 4.29. The molecule has 2 aromatic carbocycles. The van der Waals surface area contributed by atoms with Gasteiger partial charge in [0.2, 0.25) is 0 Å². The number of aromatic amines is 1. The SMILES string of the molecule is CCOc1cc(-c2nc3ccc(C)cc3[nH]2)cc(Br)c1OCC(=O)N1CCCCC1. The normalized spacial score (nSPS) is 14.2. The first-order valence-electron chi connectivity index (χ1n) is 10.4. The molecule has 1 aliphatic heterocycles. The van der Waals surface area contributed by atoms with Gasteiger partial charge in [-0.25, -0.2) is 4.98 Å². The highest BCUT2D eigenvalue weighted by molar-refractivity contribution is 9.10. The highest BCUT2D eigenvalue weighted by Crippen LogP contribution is 2.39. The molecule has 1 saturated heterocycles. The molecule has 0 radical (unpaired) electrons. The van der Waals surface area contributed by atoms with Crippen LogP contribution in [-0.4, -0.2) is 47.1 Å². The number of hydrogen-bond donors (Lipinski definition) is 1. The van der Waals surface area contributed by atoms with Gasteiger partial charge in [0, 0.05) is 18.7 Å². The third-order valence-electron chi connectivity index (χ3n) is 5.27. The molecule has 1 N–H and O–H groups in total. The highest BCUT2D eigenvalue weighted by Gasteiger charge is 2.20. The monoisotopic (exact) mass is 471 g/mol. The largest absolute Gasteiger partial charge is 0.490 e. The quantitative estimate of drug-likeness (QED) is 0.543. The second-order valence-electron chi connectivity index (χ2n) is 7.55. The number of imidazole rings is 1. The Morgan fingerprint density at radius 2 is 1.97 bits per heavy atom. The molecular formula is C23H26BrN3O3. The third kappa shape index (κ3) is 4.46. The molecule has 0 bridgehead atoms. The number of hydrogen-bond acceptors (Lipinski definition) is 4. The molecule has 0 aliphatic carbocycles. The maximum Gasteiger partial charge on any atom is 0.260 e. The van der Waals surface area contributed by atoms with E-state index in [4.69, 9.17) is 14.5 Å². The van der Waals surface area contributed by atoms with Crippen molar-refractivity contribution in [3.05, 3.63) is 40.4 Å². The number of fused-ring (bicyclic) bond motifs is 1. The number of likely N-dealkylation sites (tertiary alicyclic amines) is 1. The summed E-state index contributed by atoms with van der Waals surface area (Å²) in [6, 6.07) is 9.97. The number of piperidine rings is 1. The van der Waals surface area contributed by atoms with E-state index in [0.717, 1.165) is 52.8 Å². The summed E-state index contributed by atoms with van der Waals surface area (Å²) in [4.78, 5) is 22.4. The number of rotatable bonds is 6. The topological polar surface area (TPSA) is 67.5 Å². The van der Waals surface area contributed by atoms with Crippen LogP contribution in [0.4, 0.5) is 0 Å². The molecule has 158 valence electrons. The van der Waals surface area contributed by atoms with Crippen LogP contribution in [0.1, 0.15) is 31.7 Å². The van der Waals surface area contributed by atoms with Gasteiger partial charge in [-0.15, -0.1) is 0 Å². The minimum absolute atomic E-state index is 0.00192. The molecule has 2 heterocycles. The van der Waals surface area contributed by atoms with E-state index in [1.54, 1.807) is 0 Å². The van der Waals surface area contributed by atoms with Crippen LogP contribution in [-0.2, 0) is 4.79 Å². The lowest BCUT2D eigenvalue weighted by molar-refractivity contribution is -0.134. The molecule has 1 aromatic heterocycles. The fraction of sp³-hybridized carbons (Fsp3) is 0.391. The van der Waals surface area contributed by atoms with Gasteiger partial charge in [-0.2, -0.15) is 0 Å². The number of carbonyl (C=O) groups is 1. The first-order valence-corrected chi connectivity index (χ1v) is 11.2. The van der Waals surface area contributed by atoms with E-state index in [9.17, 15) is 4.79 Å². The van der Waals surface area contributed by atoms with Gasteiger partial charge in [0.1, 0.15) is 5.82 Å². The molecule has 4 rings (SSSR count). The van der Waals surface area contributed by atoms with Gasteiger partial charge in [-0.3, -0.25) is 4.79 Å². The van der Waals surface area contributed by atoms with Crippen LogP contribution in [0.25, 0.3) is 22.4 Å². The van der Waals surface area contributed by atoms with E-state index >= 15 is 0 Å². The number of ether oxygens (including phenoxy) is 2. The van der Waals surface area contributed by atoms with Crippen molar-refractivity contribution in [1.82, 2.24) is 14.9 Å². The predicted octanol–water partition coefficient (Wildman–Crippen LogP) is 5.09. The Balaban J connectivity index is 1.59. The molecule has 0 spiro atoms. The molecule has 7 heteroatoms. The Hall–Kier alpha value is -2.54. The van der Waals surface area contributed by atoms with Crippen molar-refractivity contribution in [1.29, 1.82) is 0 Å². The molecule has 0 saturated carbocycles. The summed E-state index contributed by atoms with van der Waals surface area (Å²) in [5.41, 5.74) is 3.97. The van der Waals surface area contributed by atoms with Gasteiger partial charge < -0.3 is 19.4 Å². The number of nitrogens with one attached hydrogen (secondary N) is 1. The van der Waals surface area contributed by atoms with Crippen LogP contribution in [0, 0.1) is 6.92 Å². The summed E-state index contributed by atoms with van der Waals surface area (Å²) in [5.74, 6) is 1.90. The van der Waals surface area contributed by atoms with E-state index in [1.165, 1.54) is 12.0 Å². The van der Waals surface area contributed by atoms with E-state index < -0.39 is 0 Å². The molecule has 0 atom stereocenters. The second-order valence-corrected chi connectivity index (χ2v) is 8.41. The number of carbonyl (C=O) groups excluding carboxylic acids is 1. The van der Waals surface area contributed by atoms with Crippen molar-refractivity contribution in [2.24, 2.45) is 0 Å². The van der Waals surface area contributed by atoms with Gasteiger partial charge in [0.25, 0.3) is 5.91 Å². The maximum atomic E-state index is 12.5. The van der Waals surface area contributed by atoms with E-state index in [2.05, 4.69) is 33.9 Å². The number of aromatic nitrogens is 2. The fourth-order valence-electron chi connectivity index (χ4n) is 3.74. The Morgan fingerprint density at radius 1 is 1.17 bits per heavy atom. The zero-order chi connectivity index (χ0) is 21.1. The minimum Gasteiger partial charge on any atom is -0.490 e. The summed E-state index contributed by atoms with van der Waals surface area (Å²) in [6.45, 7) is 6.10. The van der Waals surface area contributed by atoms with Crippen molar-refractivity contribution < 1.29 is 14.3 Å². The lowest BCUT2D eigenvalue weighted by atomic mass is 10.1. The number of nitrogens with zero attached hydrogens (tertiary/aromatic N) is 2. The molecule has 1 fully saturated rings. The molecule has 1 aliphatic rings. The zero-order valence-electron chi connectivity index (χ0n) is 17.3. The van der Waals surface area contributed by atoms with Gasteiger partial charge in [-0.05, 0) is 78.9 Å². The van der Waals surface area contributed by atoms with Crippen molar-refractivity contribution >= 4 is 32.9 Å². The lowest BCUT2D eigenvalue weighted by Gasteiger charge is -2.26. The molecular weight excluding hydrogens is 446 g/mol. The smallest absolute Gasteiger partial charge is 0.260 e. The Morgan fingerprint density at radius 3 is 2.73 bits per heavy atom. The number of aryl methyl sites for hydroxylation is 1. The Kier molecular flexibility index (Phi) is 6.27. The second kappa shape index (κ2) is 9.08. The van der Waals surface area contributed by atoms with E-state index in [1.807, 2.05) is 36.1 Å². The summed E-state index contributed by atoms with van der Waals surface area (Å²) >= 11 is 3.60. The van der Waals surface area contributed by atoms with Gasteiger partial charge in [0.05, 0.1) is 22.1 Å². The Labute approximate surface area is 184 Å². The van der Waals surface area contributed by atoms with E-state index in [0.29, 0.717) is 18.1 Å². The van der Waals surface area contributed by atoms with Crippen molar-refractivity contribution in [3.63, 3.8) is 0 Å². The summed E-state index contributed by atoms with van der Waals surface area (Å²) in [7, 11) is 0. The zero-order valence-corrected chi connectivity index (χ0v) is 18.9. The average molecular weight is 472 g/mol. The molecule has 1 amide bonds. The number of benzene rings is 2. The van der Waals surface area contributed by atoms with Crippen molar-refractivity contribution in [3.8, 4) is 22.9 Å². The first kappa shape index (κ1) is 20.7.